The molecule has 0 saturated carbocycles. The number of ether oxygens (including phenoxy) is 1. The molecule has 6 heteroatoms. The summed E-state index contributed by atoms with van der Waals surface area (Å²) in [7, 11) is 0. The number of H-pyrrole nitrogens is 1. The van der Waals surface area contributed by atoms with Gasteiger partial charge in [0.15, 0.2) is 0 Å². The van der Waals surface area contributed by atoms with E-state index in [4.69, 9.17) is 9.72 Å². The molecule has 0 fully saturated rings. The Morgan fingerprint density at radius 2 is 1.96 bits per heavy atom. The Morgan fingerprint density at radius 3 is 2.78 bits per heavy atom. The van der Waals surface area contributed by atoms with Crippen LogP contribution in [-0.2, 0) is 6.54 Å². The fraction of sp³-hybridized carbons (Fsp3) is 0.286. The van der Waals surface area contributed by atoms with E-state index in [9.17, 15) is 4.79 Å². The Bertz CT molecular complexity index is 1160. The molecule has 6 nitrogen and oxygen atoms in total. The Kier molecular flexibility index (Phi) is 4.62. The fourth-order valence-corrected chi connectivity index (χ4v) is 3.24. The van der Waals surface area contributed by atoms with Crippen molar-refractivity contribution in [1.29, 1.82) is 0 Å². The van der Waals surface area contributed by atoms with Gasteiger partial charge < -0.3 is 14.3 Å². The number of benzene rings is 2. The average Bonchev–Trinajstić information content (AvgIpc) is 3.07. The number of aryl methyl sites for hydroxylation is 1. The van der Waals surface area contributed by atoms with Crippen LogP contribution in [0.3, 0.4) is 0 Å². The van der Waals surface area contributed by atoms with Crippen LogP contribution < -0.4 is 10.3 Å². The third-order valence-electron chi connectivity index (χ3n) is 4.52. The predicted molar refractivity (Wildman–Crippen MR) is 107 cm³/mol. The summed E-state index contributed by atoms with van der Waals surface area (Å²) in [5.74, 6) is 1.24. The average molecular weight is 362 g/mol. The molecule has 0 amide bonds. The van der Waals surface area contributed by atoms with Crippen LogP contribution in [0.15, 0.2) is 47.5 Å². The molecule has 0 atom stereocenters. The molecule has 0 aliphatic heterocycles. The first-order valence-corrected chi connectivity index (χ1v) is 9.32. The van der Waals surface area contributed by atoms with Gasteiger partial charge in [-0.3, -0.25) is 4.79 Å². The van der Waals surface area contributed by atoms with E-state index in [1.807, 2.05) is 42.7 Å². The summed E-state index contributed by atoms with van der Waals surface area (Å²) < 4.78 is 7.92. The Labute approximate surface area is 156 Å². The van der Waals surface area contributed by atoms with Crippen molar-refractivity contribution in [1.82, 2.24) is 19.5 Å². The zero-order valence-corrected chi connectivity index (χ0v) is 15.5. The van der Waals surface area contributed by atoms with Crippen molar-refractivity contribution >= 4 is 21.9 Å². The van der Waals surface area contributed by atoms with Crippen LogP contribution in [0.5, 0.6) is 5.75 Å². The summed E-state index contributed by atoms with van der Waals surface area (Å²) in [6.45, 7) is 5.68. The van der Waals surface area contributed by atoms with Crippen LogP contribution in [0.25, 0.3) is 33.3 Å². The molecule has 138 valence electrons. The van der Waals surface area contributed by atoms with Crippen molar-refractivity contribution in [2.75, 3.05) is 6.61 Å². The van der Waals surface area contributed by atoms with Crippen LogP contribution in [0.2, 0.25) is 0 Å². The standard InChI is InChI=1S/C21H22N4O2/c1-3-9-25-13-22-17-11-15-16(12-18(17)25)23-20(24-21(15)26)14-7-5-6-8-19(14)27-10-4-2/h5-8,11-13H,3-4,9-10H2,1-2H3,(H,23,24,26). The molecular weight excluding hydrogens is 340 g/mol. The second kappa shape index (κ2) is 7.23. The van der Waals surface area contributed by atoms with Crippen molar-refractivity contribution in [3.63, 3.8) is 0 Å². The Morgan fingerprint density at radius 1 is 1.11 bits per heavy atom. The number of rotatable bonds is 6. The number of imidazole rings is 1. The number of nitrogens with one attached hydrogen (secondary N) is 1. The summed E-state index contributed by atoms with van der Waals surface area (Å²) in [4.78, 5) is 24.8. The predicted octanol–water partition coefficient (Wildman–Crippen LogP) is 4.14. The van der Waals surface area contributed by atoms with Gasteiger partial charge in [-0.2, -0.15) is 0 Å². The molecule has 2 aromatic carbocycles. The number of fused-ring (bicyclic) bond motifs is 2. The summed E-state index contributed by atoms with van der Waals surface area (Å²) in [5.41, 5.74) is 3.07. The van der Waals surface area contributed by atoms with E-state index in [1.54, 1.807) is 0 Å². The number of hydrogen-bond acceptors (Lipinski definition) is 4. The lowest BCUT2D eigenvalue weighted by Gasteiger charge is -2.11. The number of para-hydroxylation sites is 1. The van der Waals surface area contributed by atoms with Gasteiger partial charge in [0, 0.05) is 6.54 Å². The van der Waals surface area contributed by atoms with E-state index >= 15 is 0 Å². The van der Waals surface area contributed by atoms with Crippen LogP contribution in [-0.4, -0.2) is 26.1 Å². The molecule has 0 saturated heterocycles. The van der Waals surface area contributed by atoms with E-state index in [0.717, 1.165) is 41.7 Å². The van der Waals surface area contributed by atoms with Gasteiger partial charge in [-0.15, -0.1) is 0 Å². The number of nitrogens with zero attached hydrogens (tertiary/aromatic N) is 3. The first kappa shape index (κ1) is 17.3. The minimum Gasteiger partial charge on any atom is -0.493 e. The van der Waals surface area contributed by atoms with E-state index in [2.05, 4.69) is 28.4 Å². The first-order valence-electron chi connectivity index (χ1n) is 9.32. The van der Waals surface area contributed by atoms with Gasteiger partial charge in [0.05, 0.1) is 40.4 Å². The van der Waals surface area contributed by atoms with E-state index in [1.165, 1.54) is 0 Å². The highest BCUT2D eigenvalue weighted by Crippen LogP contribution is 2.28. The highest BCUT2D eigenvalue weighted by Gasteiger charge is 2.13. The largest absolute Gasteiger partial charge is 0.493 e. The first-order chi connectivity index (χ1) is 13.2. The van der Waals surface area contributed by atoms with Gasteiger partial charge in [-0.05, 0) is 37.1 Å². The van der Waals surface area contributed by atoms with E-state index < -0.39 is 0 Å². The second-order valence-corrected chi connectivity index (χ2v) is 6.56. The Balaban J connectivity index is 1.89. The highest BCUT2D eigenvalue weighted by molar-refractivity contribution is 5.93. The third-order valence-corrected chi connectivity index (χ3v) is 4.52. The molecule has 4 aromatic rings. The van der Waals surface area contributed by atoms with Gasteiger partial charge in [0.1, 0.15) is 11.6 Å². The molecule has 4 rings (SSSR count). The zero-order chi connectivity index (χ0) is 18.8. The van der Waals surface area contributed by atoms with Crippen molar-refractivity contribution in [3.05, 3.63) is 53.1 Å². The molecule has 0 radical (unpaired) electrons. The summed E-state index contributed by atoms with van der Waals surface area (Å²) >= 11 is 0. The smallest absolute Gasteiger partial charge is 0.259 e. The third kappa shape index (κ3) is 3.18. The maximum Gasteiger partial charge on any atom is 0.259 e. The molecular formula is C21H22N4O2. The van der Waals surface area contributed by atoms with Crippen LogP contribution in [0.4, 0.5) is 0 Å². The minimum atomic E-state index is -0.174. The normalized spacial score (nSPS) is 11.3. The Hall–Kier alpha value is -3.15. The summed E-state index contributed by atoms with van der Waals surface area (Å²) in [6.07, 6.45) is 3.74. The maximum absolute atomic E-state index is 12.7. The van der Waals surface area contributed by atoms with Crippen LogP contribution >= 0.6 is 0 Å². The quantitative estimate of drug-likeness (QED) is 0.559. The van der Waals surface area contributed by atoms with E-state index in [-0.39, 0.29) is 5.56 Å². The lowest BCUT2D eigenvalue weighted by Crippen LogP contribution is -2.10. The van der Waals surface area contributed by atoms with Gasteiger partial charge in [-0.25, -0.2) is 9.97 Å². The summed E-state index contributed by atoms with van der Waals surface area (Å²) in [5, 5.41) is 0.542. The van der Waals surface area contributed by atoms with Gasteiger partial charge in [0.2, 0.25) is 0 Å². The van der Waals surface area contributed by atoms with Crippen LogP contribution in [0.1, 0.15) is 26.7 Å². The molecule has 27 heavy (non-hydrogen) atoms. The number of hydrogen-bond donors (Lipinski definition) is 1. The molecule has 0 aliphatic carbocycles. The number of aromatic amines is 1. The molecule has 0 spiro atoms. The molecule has 2 heterocycles. The van der Waals surface area contributed by atoms with Gasteiger partial charge >= 0.3 is 0 Å². The van der Waals surface area contributed by atoms with Gasteiger partial charge in [0.25, 0.3) is 5.56 Å². The van der Waals surface area contributed by atoms with Gasteiger partial charge in [-0.1, -0.05) is 26.0 Å². The molecule has 2 aromatic heterocycles. The monoisotopic (exact) mass is 362 g/mol. The lowest BCUT2D eigenvalue weighted by atomic mass is 10.1. The maximum atomic E-state index is 12.7. The van der Waals surface area contributed by atoms with Crippen molar-refractivity contribution in [3.8, 4) is 17.1 Å². The van der Waals surface area contributed by atoms with Crippen molar-refractivity contribution in [2.45, 2.75) is 33.2 Å². The van der Waals surface area contributed by atoms with Crippen LogP contribution in [0, 0.1) is 0 Å². The second-order valence-electron chi connectivity index (χ2n) is 6.56. The zero-order valence-electron chi connectivity index (χ0n) is 15.5. The number of aromatic nitrogens is 4. The van der Waals surface area contributed by atoms with Crippen molar-refractivity contribution < 1.29 is 4.74 Å². The molecule has 1 N–H and O–H groups in total. The van der Waals surface area contributed by atoms with E-state index in [0.29, 0.717) is 23.3 Å². The minimum absolute atomic E-state index is 0.174. The highest BCUT2D eigenvalue weighted by atomic mass is 16.5. The van der Waals surface area contributed by atoms with Crippen molar-refractivity contribution in [2.24, 2.45) is 0 Å². The molecule has 0 unspecified atom stereocenters. The SMILES string of the molecule is CCCOc1ccccc1-c1nc2cc3c(cc2c(=O)[nH]1)ncn3CCC. The fourth-order valence-electron chi connectivity index (χ4n) is 3.24. The topological polar surface area (TPSA) is 72.8 Å². The lowest BCUT2D eigenvalue weighted by molar-refractivity contribution is 0.318. The molecule has 0 aliphatic rings. The summed E-state index contributed by atoms with van der Waals surface area (Å²) in [6, 6.07) is 11.4. The molecule has 0 bridgehead atoms.